The van der Waals surface area contributed by atoms with Gasteiger partial charge in [0.05, 0.1) is 10.5 Å². The maximum atomic E-state index is 12.2. The van der Waals surface area contributed by atoms with Crippen molar-refractivity contribution in [1.29, 1.82) is 5.26 Å². The van der Waals surface area contributed by atoms with Gasteiger partial charge in [0.1, 0.15) is 17.4 Å². The first-order valence-corrected chi connectivity index (χ1v) is 4.94. The molecule has 1 N–H and O–H groups in total. The SMILES string of the molecule is N#Cc1c(OC(F)F)ccc([N+](=O)[O-])c1/C=C/C(=O)O. The van der Waals surface area contributed by atoms with Gasteiger partial charge >= 0.3 is 12.6 Å². The molecule has 0 aliphatic heterocycles. The lowest BCUT2D eigenvalue weighted by atomic mass is 10.0. The summed E-state index contributed by atoms with van der Waals surface area (Å²) < 4.78 is 28.4. The van der Waals surface area contributed by atoms with Crippen LogP contribution in [-0.2, 0) is 4.79 Å². The van der Waals surface area contributed by atoms with Crippen molar-refractivity contribution >= 4 is 17.7 Å². The van der Waals surface area contributed by atoms with Gasteiger partial charge in [-0.2, -0.15) is 14.0 Å². The first kappa shape index (κ1) is 15.0. The highest BCUT2D eigenvalue weighted by molar-refractivity contribution is 5.87. The Kier molecular flexibility index (Phi) is 4.69. The predicted molar refractivity (Wildman–Crippen MR) is 61.1 cm³/mol. The third-order valence-corrected chi connectivity index (χ3v) is 2.10. The van der Waals surface area contributed by atoms with Crippen molar-refractivity contribution in [2.24, 2.45) is 0 Å². The summed E-state index contributed by atoms with van der Waals surface area (Å²) in [5.74, 6) is -1.98. The van der Waals surface area contributed by atoms with Crippen LogP contribution in [0.1, 0.15) is 11.1 Å². The number of alkyl halides is 2. The lowest BCUT2D eigenvalue weighted by Gasteiger charge is -2.08. The van der Waals surface area contributed by atoms with Crippen molar-refractivity contribution in [2.75, 3.05) is 0 Å². The average Bonchev–Trinajstić information content (AvgIpc) is 2.34. The fraction of sp³-hybridized carbons (Fsp3) is 0.0909. The summed E-state index contributed by atoms with van der Waals surface area (Å²) in [5.41, 5.74) is -1.56. The first-order chi connectivity index (χ1) is 9.36. The lowest BCUT2D eigenvalue weighted by molar-refractivity contribution is -0.385. The number of benzene rings is 1. The van der Waals surface area contributed by atoms with E-state index >= 15 is 0 Å². The number of hydrogen-bond donors (Lipinski definition) is 1. The molecule has 0 saturated carbocycles. The van der Waals surface area contributed by atoms with Crippen molar-refractivity contribution < 1.29 is 28.3 Å². The second-order valence-electron chi connectivity index (χ2n) is 3.29. The zero-order valence-corrected chi connectivity index (χ0v) is 9.62. The van der Waals surface area contributed by atoms with Crippen LogP contribution in [0.2, 0.25) is 0 Å². The van der Waals surface area contributed by atoms with Gasteiger partial charge in [0.25, 0.3) is 5.69 Å². The normalized spacial score (nSPS) is 10.5. The third kappa shape index (κ3) is 3.49. The number of nitro groups is 1. The van der Waals surface area contributed by atoms with Crippen LogP contribution in [0.4, 0.5) is 14.5 Å². The van der Waals surface area contributed by atoms with Gasteiger partial charge in [-0.1, -0.05) is 0 Å². The molecule has 0 unspecified atom stereocenters. The average molecular weight is 284 g/mol. The summed E-state index contributed by atoms with van der Waals surface area (Å²) in [5, 5.41) is 28.2. The molecule has 0 radical (unpaired) electrons. The molecule has 9 heteroatoms. The Morgan fingerprint density at radius 2 is 2.20 bits per heavy atom. The molecular weight excluding hydrogens is 278 g/mol. The zero-order chi connectivity index (χ0) is 15.3. The Morgan fingerprint density at radius 1 is 1.55 bits per heavy atom. The summed E-state index contributed by atoms with van der Waals surface area (Å²) in [7, 11) is 0. The molecule has 1 aromatic rings. The Labute approximate surface area is 110 Å². The van der Waals surface area contributed by atoms with Crippen molar-refractivity contribution in [3.63, 3.8) is 0 Å². The largest absolute Gasteiger partial charge is 0.478 e. The minimum atomic E-state index is -3.22. The molecule has 0 aromatic heterocycles. The van der Waals surface area contributed by atoms with E-state index in [1.165, 1.54) is 6.07 Å². The molecule has 1 aromatic carbocycles. The number of rotatable bonds is 5. The number of aliphatic carboxylic acids is 1. The molecule has 0 saturated heterocycles. The smallest absolute Gasteiger partial charge is 0.387 e. The minimum Gasteiger partial charge on any atom is -0.478 e. The first-order valence-electron chi connectivity index (χ1n) is 4.94. The molecule has 0 heterocycles. The quantitative estimate of drug-likeness (QED) is 0.503. The minimum absolute atomic E-state index is 0.418. The number of nitro benzene ring substituents is 1. The van der Waals surface area contributed by atoms with E-state index in [0.717, 1.165) is 18.2 Å². The van der Waals surface area contributed by atoms with Crippen molar-refractivity contribution in [2.45, 2.75) is 6.61 Å². The van der Waals surface area contributed by atoms with Gasteiger partial charge in [0.2, 0.25) is 0 Å². The Balaban J connectivity index is 3.50. The van der Waals surface area contributed by atoms with Gasteiger partial charge in [-0.3, -0.25) is 10.1 Å². The number of carboxylic acids is 1. The van der Waals surface area contributed by atoms with Gasteiger partial charge in [0.15, 0.2) is 0 Å². The fourth-order valence-electron chi connectivity index (χ4n) is 1.38. The number of carboxylic acid groups (broad SMARTS) is 1. The molecule has 1 rings (SSSR count). The predicted octanol–water partition coefficient (Wildman–Crippen LogP) is 2.17. The van der Waals surface area contributed by atoms with Gasteiger partial charge in [-0.05, 0) is 12.1 Å². The molecule has 0 aliphatic rings. The van der Waals surface area contributed by atoms with Crippen molar-refractivity contribution in [3.05, 3.63) is 39.4 Å². The molecule has 0 aliphatic carbocycles. The molecule has 0 spiro atoms. The van der Waals surface area contributed by atoms with Crippen LogP contribution in [0.3, 0.4) is 0 Å². The molecule has 0 fully saturated rings. The summed E-state index contributed by atoms with van der Waals surface area (Å²) >= 11 is 0. The Bertz CT molecular complexity index is 622. The number of nitriles is 1. The Hall–Kier alpha value is -3.02. The summed E-state index contributed by atoms with van der Waals surface area (Å²) in [6, 6.07) is 3.18. The topological polar surface area (TPSA) is 113 Å². The summed E-state index contributed by atoms with van der Waals surface area (Å²) in [4.78, 5) is 20.4. The van der Waals surface area contributed by atoms with Crippen LogP contribution in [0, 0.1) is 21.4 Å². The standard InChI is InChI=1S/C11H6F2N2O5/c12-11(13)20-9-3-2-8(15(18)19)6(7(9)5-14)1-4-10(16)17/h1-4,11H,(H,16,17)/b4-1+. The molecule has 0 amide bonds. The third-order valence-electron chi connectivity index (χ3n) is 2.10. The number of nitrogens with zero attached hydrogens (tertiary/aromatic N) is 2. The van der Waals surface area contributed by atoms with Crippen LogP contribution in [0.25, 0.3) is 6.08 Å². The lowest BCUT2D eigenvalue weighted by Crippen LogP contribution is -2.05. The Morgan fingerprint density at radius 3 is 2.65 bits per heavy atom. The summed E-state index contributed by atoms with van der Waals surface area (Å²) in [6.07, 6.45) is 1.33. The maximum Gasteiger partial charge on any atom is 0.387 e. The highest BCUT2D eigenvalue weighted by Gasteiger charge is 2.21. The second-order valence-corrected chi connectivity index (χ2v) is 3.29. The molecule has 104 valence electrons. The number of carbonyl (C=O) groups is 1. The van der Waals surface area contributed by atoms with Crippen LogP contribution < -0.4 is 4.74 Å². The maximum absolute atomic E-state index is 12.2. The van der Waals surface area contributed by atoms with Crippen molar-refractivity contribution in [1.82, 2.24) is 0 Å². The van der Waals surface area contributed by atoms with Gasteiger partial charge in [0, 0.05) is 12.1 Å². The monoisotopic (exact) mass is 284 g/mol. The van der Waals surface area contributed by atoms with E-state index in [1.807, 2.05) is 0 Å². The van der Waals surface area contributed by atoms with E-state index in [1.54, 1.807) is 0 Å². The van der Waals surface area contributed by atoms with Gasteiger partial charge in [-0.15, -0.1) is 0 Å². The number of ether oxygens (including phenoxy) is 1. The molecule has 7 nitrogen and oxygen atoms in total. The molecular formula is C11H6F2N2O5. The van der Waals surface area contributed by atoms with Crippen LogP contribution in [-0.4, -0.2) is 22.6 Å². The highest BCUT2D eigenvalue weighted by atomic mass is 19.3. The molecule has 0 bridgehead atoms. The van der Waals surface area contributed by atoms with Gasteiger partial charge in [-0.25, -0.2) is 4.79 Å². The fourth-order valence-corrected chi connectivity index (χ4v) is 1.38. The van der Waals surface area contributed by atoms with Crippen LogP contribution >= 0.6 is 0 Å². The van der Waals surface area contributed by atoms with E-state index in [-0.39, 0.29) is 0 Å². The van der Waals surface area contributed by atoms with E-state index in [2.05, 4.69) is 4.74 Å². The van der Waals surface area contributed by atoms with E-state index in [0.29, 0.717) is 6.08 Å². The second kappa shape index (κ2) is 6.24. The van der Waals surface area contributed by atoms with Crippen LogP contribution in [0.15, 0.2) is 18.2 Å². The van der Waals surface area contributed by atoms with Crippen LogP contribution in [0.5, 0.6) is 5.75 Å². The number of hydrogen-bond acceptors (Lipinski definition) is 5. The van der Waals surface area contributed by atoms with E-state index < -0.39 is 40.1 Å². The highest BCUT2D eigenvalue weighted by Crippen LogP contribution is 2.31. The van der Waals surface area contributed by atoms with Crippen molar-refractivity contribution in [3.8, 4) is 11.8 Å². The summed E-state index contributed by atoms with van der Waals surface area (Å²) in [6.45, 7) is -3.22. The van der Waals surface area contributed by atoms with E-state index in [4.69, 9.17) is 10.4 Å². The molecule has 0 atom stereocenters. The molecule has 20 heavy (non-hydrogen) atoms. The van der Waals surface area contributed by atoms with E-state index in [9.17, 15) is 23.7 Å². The van der Waals surface area contributed by atoms with Gasteiger partial charge < -0.3 is 9.84 Å². The zero-order valence-electron chi connectivity index (χ0n) is 9.62. The number of halogens is 2.